The minimum atomic E-state index is -0.544. The van der Waals surface area contributed by atoms with Gasteiger partial charge in [0.2, 0.25) is 11.7 Å². The highest BCUT2D eigenvalue weighted by Gasteiger charge is 2.51. The molecule has 3 rings (SSSR count). The summed E-state index contributed by atoms with van der Waals surface area (Å²) < 4.78 is 0.610. The van der Waals surface area contributed by atoms with Crippen molar-refractivity contribution in [1.29, 1.82) is 5.26 Å². The molecule has 1 aromatic carbocycles. The van der Waals surface area contributed by atoms with Crippen molar-refractivity contribution in [2.24, 2.45) is 5.92 Å². The van der Waals surface area contributed by atoms with E-state index in [2.05, 4.69) is 31.3 Å². The van der Waals surface area contributed by atoms with Gasteiger partial charge >= 0.3 is 0 Å². The topological polar surface area (TPSA) is 81.9 Å². The van der Waals surface area contributed by atoms with E-state index in [0.717, 1.165) is 18.4 Å². The van der Waals surface area contributed by atoms with Crippen LogP contribution < -0.4 is 10.4 Å². The number of halogens is 2. The molecule has 1 N–H and O–H groups in total. The Hall–Kier alpha value is -2.17. The van der Waals surface area contributed by atoms with E-state index in [1.54, 1.807) is 17.1 Å². The number of hydrogen-bond donors (Lipinski definition) is 1. The number of rotatable bonds is 6. The Kier molecular flexibility index (Phi) is 5.68. The lowest BCUT2D eigenvalue weighted by molar-refractivity contribution is -0.123. The van der Waals surface area contributed by atoms with E-state index >= 15 is 0 Å². The van der Waals surface area contributed by atoms with Crippen LogP contribution in [0.15, 0.2) is 34.9 Å². The Bertz CT molecular complexity index is 890. The number of nitrogens with zero attached hydrogens (tertiary/aromatic N) is 4. The molecule has 1 fully saturated rings. The van der Waals surface area contributed by atoms with Crippen molar-refractivity contribution in [3.63, 3.8) is 0 Å². The third-order valence-electron chi connectivity index (χ3n) is 4.45. The van der Waals surface area contributed by atoms with Crippen LogP contribution in [-0.4, -0.2) is 22.4 Å². The zero-order chi connectivity index (χ0) is 19.6. The van der Waals surface area contributed by atoms with Crippen molar-refractivity contribution in [2.75, 3.05) is 11.6 Å². The van der Waals surface area contributed by atoms with E-state index < -0.39 is 5.41 Å². The zero-order valence-electron chi connectivity index (χ0n) is 15.0. The van der Waals surface area contributed by atoms with E-state index in [-0.39, 0.29) is 17.6 Å². The molecule has 0 unspecified atom stereocenters. The van der Waals surface area contributed by atoms with Crippen LogP contribution in [0.2, 0.25) is 5.02 Å². The predicted molar refractivity (Wildman–Crippen MR) is 107 cm³/mol. The van der Waals surface area contributed by atoms with Gasteiger partial charge in [0.15, 0.2) is 5.82 Å². The van der Waals surface area contributed by atoms with Crippen molar-refractivity contribution in [1.82, 2.24) is 15.4 Å². The smallest absolute Gasteiger partial charge is 0.249 e. The van der Waals surface area contributed by atoms with Crippen molar-refractivity contribution in [3.8, 4) is 6.07 Å². The summed E-state index contributed by atoms with van der Waals surface area (Å²) in [5, 5.41) is 11.4. The molecule has 1 heterocycles. The lowest BCUT2D eigenvalue weighted by atomic mass is 9.95. The van der Waals surface area contributed by atoms with Crippen LogP contribution in [0.5, 0.6) is 0 Å². The largest absolute Gasteiger partial charge is 0.272 e. The predicted octanol–water partition coefficient (Wildman–Crippen LogP) is 3.99. The molecule has 140 valence electrons. The van der Waals surface area contributed by atoms with Gasteiger partial charge in [-0.15, -0.1) is 0 Å². The number of anilines is 1. The number of carbonyl (C=O) groups excluding carboxylic acids is 1. The second kappa shape index (κ2) is 7.83. The Morgan fingerprint density at radius 2 is 2.07 bits per heavy atom. The van der Waals surface area contributed by atoms with Crippen molar-refractivity contribution < 1.29 is 4.79 Å². The van der Waals surface area contributed by atoms with Crippen molar-refractivity contribution >= 4 is 39.3 Å². The molecule has 1 saturated carbocycles. The fraction of sp³-hybridized carbons (Fsp3) is 0.368. The first-order valence-corrected chi connectivity index (χ1v) is 9.80. The van der Waals surface area contributed by atoms with Crippen molar-refractivity contribution in [2.45, 2.75) is 32.1 Å². The van der Waals surface area contributed by atoms with Gasteiger partial charge in [0.25, 0.3) is 0 Å². The van der Waals surface area contributed by atoms with Crippen molar-refractivity contribution in [3.05, 3.63) is 51.3 Å². The summed E-state index contributed by atoms with van der Waals surface area (Å²) in [5.41, 5.74) is 3.41. The lowest BCUT2D eigenvalue weighted by Crippen LogP contribution is -2.49. The molecular weight excluding hydrogens is 430 g/mol. The third kappa shape index (κ3) is 4.23. The number of benzene rings is 1. The van der Waals surface area contributed by atoms with Gasteiger partial charge in [-0.05, 0) is 52.4 Å². The molecule has 0 spiro atoms. The van der Waals surface area contributed by atoms with Gasteiger partial charge < -0.3 is 0 Å². The Balaban J connectivity index is 1.88. The van der Waals surface area contributed by atoms with Crippen LogP contribution in [-0.2, 0) is 10.2 Å². The summed E-state index contributed by atoms with van der Waals surface area (Å²) in [4.78, 5) is 21.3. The van der Waals surface area contributed by atoms with Gasteiger partial charge in [0, 0.05) is 17.8 Å². The fourth-order valence-corrected chi connectivity index (χ4v) is 3.45. The summed E-state index contributed by atoms with van der Waals surface area (Å²) in [6.07, 6.45) is 3.08. The second-order valence-electron chi connectivity index (χ2n) is 7.01. The molecule has 0 atom stereocenters. The number of hydrogen-bond acceptors (Lipinski definition) is 5. The highest BCUT2D eigenvalue weighted by Crippen LogP contribution is 2.48. The normalized spacial score (nSPS) is 14.5. The van der Waals surface area contributed by atoms with Gasteiger partial charge in [0.1, 0.15) is 6.07 Å². The third-order valence-corrected chi connectivity index (χ3v) is 5.26. The number of nitrogens with one attached hydrogen (secondary N) is 1. The highest BCUT2D eigenvalue weighted by atomic mass is 79.9. The van der Waals surface area contributed by atoms with Crippen LogP contribution in [0.1, 0.15) is 38.1 Å². The molecule has 27 heavy (non-hydrogen) atoms. The number of aromatic nitrogens is 2. The Labute approximate surface area is 171 Å². The van der Waals surface area contributed by atoms with Crippen LogP contribution in [0.3, 0.4) is 0 Å². The molecule has 1 aliphatic carbocycles. The van der Waals surface area contributed by atoms with Crippen LogP contribution >= 0.6 is 27.5 Å². The number of hydrazine groups is 1. The van der Waals surface area contributed by atoms with Gasteiger partial charge in [-0.2, -0.15) is 10.2 Å². The maximum Gasteiger partial charge on any atom is 0.249 e. The minimum Gasteiger partial charge on any atom is -0.272 e. The molecule has 8 heteroatoms. The molecule has 6 nitrogen and oxygen atoms in total. The molecule has 0 aliphatic heterocycles. The summed E-state index contributed by atoms with van der Waals surface area (Å²) in [6.45, 7) is 4.64. The minimum absolute atomic E-state index is 0.0510. The first kappa shape index (κ1) is 19.6. The van der Waals surface area contributed by atoms with E-state index in [0.29, 0.717) is 21.9 Å². The lowest BCUT2D eigenvalue weighted by Gasteiger charge is -2.29. The number of carbonyl (C=O) groups is 1. The first-order valence-electron chi connectivity index (χ1n) is 8.63. The van der Waals surface area contributed by atoms with E-state index in [4.69, 9.17) is 16.9 Å². The monoisotopic (exact) mass is 447 g/mol. The average molecular weight is 449 g/mol. The standard InChI is InChI=1S/C19H19BrClN5O/c1-12(2)11-26(17-15(20)10-23-16(9-22)24-17)25-18(27)19(7-8-19)13-3-5-14(21)6-4-13/h3-6,10,12H,7-8,11H2,1-2H3,(H,25,27). The maximum absolute atomic E-state index is 13.1. The maximum atomic E-state index is 13.1. The molecule has 0 radical (unpaired) electrons. The molecule has 1 aliphatic rings. The molecule has 0 saturated heterocycles. The summed E-state index contributed by atoms with van der Waals surface area (Å²) >= 11 is 9.39. The summed E-state index contributed by atoms with van der Waals surface area (Å²) in [5.74, 6) is 0.698. The van der Waals surface area contributed by atoms with Gasteiger partial charge in [-0.3, -0.25) is 15.2 Å². The molecule has 1 amide bonds. The van der Waals surface area contributed by atoms with Crippen LogP contribution in [0, 0.1) is 17.2 Å². The second-order valence-corrected chi connectivity index (χ2v) is 8.30. The van der Waals surface area contributed by atoms with Crippen LogP contribution in [0.25, 0.3) is 0 Å². The molecule has 2 aromatic rings. The average Bonchev–Trinajstić information content (AvgIpc) is 3.44. The summed E-state index contributed by atoms with van der Waals surface area (Å²) in [6, 6.07) is 9.34. The first-order chi connectivity index (χ1) is 12.9. The van der Waals surface area contributed by atoms with Gasteiger partial charge in [-0.25, -0.2) is 4.98 Å². The Morgan fingerprint density at radius 1 is 1.41 bits per heavy atom. The van der Waals surface area contributed by atoms with E-state index in [9.17, 15) is 4.79 Å². The number of amides is 1. The van der Waals surface area contributed by atoms with E-state index in [1.807, 2.05) is 32.0 Å². The molecule has 0 bridgehead atoms. The van der Waals surface area contributed by atoms with Gasteiger partial charge in [0.05, 0.1) is 9.89 Å². The highest BCUT2D eigenvalue weighted by molar-refractivity contribution is 9.10. The van der Waals surface area contributed by atoms with E-state index in [1.165, 1.54) is 6.20 Å². The molecule has 1 aromatic heterocycles. The van der Waals surface area contributed by atoms with Crippen LogP contribution in [0.4, 0.5) is 5.82 Å². The number of nitriles is 1. The molecular formula is C19H19BrClN5O. The van der Waals surface area contributed by atoms with Gasteiger partial charge in [-0.1, -0.05) is 37.6 Å². The SMILES string of the molecule is CC(C)CN(NC(=O)C1(c2ccc(Cl)cc2)CC1)c1nc(C#N)ncc1Br. The zero-order valence-corrected chi connectivity index (χ0v) is 17.4. The quantitative estimate of drug-likeness (QED) is 0.676. The summed E-state index contributed by atoms with van der Waals surface area (Å²) in [7, 11) is 0. The fourth-order valence-electron chi connectivity index (χ4n) is 2.92. The Morgan fingerprint density at radius 3 is 2.63 bits per heavy atom.